The van der Waals surface area contributed by atoms with E-state index in [4.69, 9.17) is 14.3 Å². The highest BCUT2D eigenvalue weighted by Crippen LogP contribution is 2.27. The van der Waals surface area contributed by atoms with E-state index in [9.17, 15) is 4.79 Å². The molecule has 0 fully saturated rings. The Morgan fingerprint density at radius 1 is 1.08 bits per heavy atom. The van der Waals surface area contributed by atoms with Gasteiger partial charge < -0.3 is 14.3 Å². The summed E-state index contributed by atoms with van der Waals surface area (Å²) in [5, 5.41) is 10.8. The van der Waals surface area contributed by atoms with Crippen LogP contribution in [0, 0.1) is 13.8 Å². The van der Waals surface area contributed by atoms with Gasteiger partial charge in [-0.1, -0.05) is 12.1 Å². The summed E-state index contributed by atoms with van der Waals surface area (Å²) in [4.78, 5) is 14.9. The van der Waals surface area contributed by atoms with Gasteiger partial charge in [-0.2, -0.15) is 0 Å². The minimum Gasteiger partial charge on any atom is -0.494 e. The molecule has 1 N–H and O–H groups in total. The number of benzene rings is 2. The quantitative estimate of drug-likeness (QED) is 0.568. The highest BCUT2D eigenvalue weighted by atomic mass is 16.5. The lowest BCUT2D eigenvalue weighted by molar-refractivity contribution is -0.137. The molecule has 0 aliphatic heterocycles. The molecule has 3 rings (SSSR count). The number of carbonyl (C=O) groups is 1. The standard InChI is InChI=1S/C21H23NO4/c1-14-15(2)26-21(22-14)18-8-7-17-13-19(10-9-16(17)12-18)25-11-5-3-4-6-20(23)24/h7-10,12-13H,3-6,11H2,1-2H3,(H,23,24). The molecule has 0 saturated carbocycles. The lowest BCUT2D eigenvalue weighted by Gasteiger charge is -2.08. The maximum Gasteiger partial charge on any atom is 0.303 e. The van der Waals surface area contributed by atoms with E-state index in [2.05, 4.69) is 11.1 Å². The van der Waals surface area contributed by atoms with Crippen molar-refractivity contribution in [2.24, 2.45) is 0 Å². The molecule has 0 unspecified atom stereocenters. The molecule has 0 amide bonds. The lowest BCUT2D eigenvalue weighted by atomic mass is 10.1. The van der Waals surface area contributed by atoms with Gasteiger partial charge >= 0.3 is 5.97 Å². The summed E-state index contributed by atoms with van der Waals surface area (Å²) in [6.07, 6.45) is 2.63. The van der Waals surface area contributed by atoms with Crippen LogP contribution in [-0.2, 0) is 4.79 Å². The Bertz CT molecular complexity index is 894. The topological polar surface area (TPSA) is 72.6 Å². The zero-order valence-electron chi connectivity index (χ0n) is 15.1. The Morgan fingerprint density at radius 3 is 2.58 bits per heavy atom. The molecule has 26 heavy (non-hydrogen) atoms. The number of carboxylic acids is 1. The smallest absolute Gasteiger partial charge is 0.303 e. The number of aryl methyl sites for hydroxylation is 2. The molecule has 3 aromatic rings. The fourth-order valence-corrected chi connectivity index (χ4v) is 2.79. The predicted octanol–water partition coefficient (Wildman–Crippen LogP) is 5.14. The SMILES string of the molecule is Cc1nc(-c2ccc3cc(OCCCCCC(=O)O)ccc3c2)oc1C. The molecular formula is C21H23NO4. The van der Waals surface area contributed by atoms with Crippen molar-refractivity contribution in [3.8, 4) is 17.2 Å². The molecule has 136 valence electrons. The second-order valence-corrected chi connectivity index (χ2v) is 6.44. The second-order valence-electron chi connectivity index (χ2n) is 6.44. The molecule has 0 saturated heterocycles. The van der Waals surface area contributed by atoms with Gasteiger partial charge in [-0.25, -0.2) is 4.98 Å². The van der Waals surface area contributed by atoms with Gasteiger partial charge in [0.25, 0.3) is 0 Å². The summed E-state index contributed by atoms with van der Waals surface area (Å²) in [6.45, 7) is 4.45. The lowest BCUT2D eigenvalue weighted by Crippen LogP contribution is -1.99. The summed E-state index contributed by atoms with van der Waals surface area (Å²) in [5.41, 5.74) is 1.87. The maximum atomic E-state index is 10.5. The predicted molar refractivity (Wildman–Crippen MR) is 101 cm³/mol. The van der Waals surface area contributed by atoms with E-state index in [-0.39, 0.29) is 6.42 Å². The molecule has 0 spiro atoms. The van der Waals surface area contributed by atoms with Crippen LogP contribution in [0.4, 0.5) is 0 Å². The van der Waals surface area contributed by atoms with Gasteiger partial charge in [-0.05, 0) is 68.1 Å². The van der Waals surface area contributed by atoms with Gasteiger partial charge in [0.05, 0.1) is 12.3 Å². The Hall–Kier alpha value is -2.82. The number of nitrogens with zero attached hydrogens (tertiary/aromatic N) is 1. The molecule has 0 aliphatic rings. The van der Waals surface area contributed by atoms with E-state index >= 15 is 0 Å². The van der Waals surface area contributed by atoms with Gasteiger partial charge in [-0.15, -0.1) is 0 Å². The second kappa shape index (κ2) is 8.04. The van der Waals surface area contributed by atoms with Gasteiger partial charge in [0.15, 0.2) is 0 Å². The molecule has 5 heteroatoms. The highest BCUT2D eigenvalue weighted by Gasteiger charge is 2.09. The van der Waals surface area contributed by atoms with Gasteiger partial charge in [0.2, 0.25) is 5.89 Å². The van der Waals surface area contributed by atoms with Crippen molar-refractivity contribution in [1.29, 1.82) is 0 Å². The van der Waals surface area contributed by atoms with Crippen LogP contribution in [-0.4, -0.2) is 22.7 Å². The fraction of sp³-hybridized carbons (Fsp3) is 0.333. The van der Waals surface area contributed by atoms with E-state index in [1.54, 1.807) is 0 Å². The number of hydrogen-bond donors (Lipinski definition) is 1. The van der Waals surface area contributed by atoms with Crippen LogP contribution in [0.25, 0.3) is 22.2 Å². The van der Waals surface area contributed by atoms with E-state index in [1.165, 1.54) is 0 Å². The Balaban J connectivity index is 1.62. The number of carboxylic acid groups (broad SMARTS) is 1. The Morgan fingerprint density at radius 2 is 1.85 bits per heavy atom. The number of unbranched alkanes of at least 4 members (excludes halogenated alkanes) is 2. The van der Waals surface area contributed by atoms with Gasteiger partial charge in [0, 0.05) is 12.0 Å². The van der Waals surface area contributed by atoms with Crippen molar-refractivity contribution in [2.75, 3.05) is 6.61 Å². The summed E-state index contributed by atoms with van der Waals surface area (Å²) in [6, 6.07) is 12.1. The average Bonchev–Trinajstić information content (AvgIpc) is 2.96. The van der Waals surface area contributed by atoms with Crippen molar-refractivity contribution in [3.63, 3.8) is 0 Å². The number of aromatic nitrogens is 1. The Kier molecular flexibility index (Phi) is 5.56. The van der Waals surface area contributed by atoms with Crippen LogP contribution in [0.1, 0.15) is 37.1 Å². The normalized spacial score (nSPS) is 11.0. The van der Waals surface area contributed by atoms with E-state index in [0.29, 0.717) is 18.9 Å². The van der Waals surface area contributed by atoms with Crippen LogP contribution < -0.4 is 4.74 Å². The van der Waals surface area contributed by atoms with Crippen molar-refractivity contribution < 1.29 is 19.1 Å². The fourth-order valence-electron chi connectivity index (χ4n) is 2.79. The van der Waals surface area contributed by atoms with E-state index < -0.39 is 5.97 Å². The van der Waals surface area contributed by atoms with Crippen LogP contribution in [0.5, 0.6) is 5.75 Å². The molecule has 1 aromatic heterocycles. The van der Waals surface area contributed by atoms with E-state index in [1.807, 2.05) is 44.2 Å². The Labute approximate surface area is 152 Å². The van der Waals surface area contributed by atoms with Crippen LogP contribution >= 0.6 is 0 Å². The molecule has 0 atom stereocenters. The first-order valence-electron chi connectivity index (χ1n) is 8.86. The third kappa shape index (κ3) is 4.42. The van der Waals surface area contributed by atoms with Crippen LogP contribution in [0.15, 0.2) is 40.8 Å². The first-order valence-corrected chi connectivity index (χ1v) is 8.86. The highest BCUT2D eigenvalue weighted by molar-refractivity contribution is 5.87. The molecule has 0 aliphatic carbocycles. The van der Waals surface area contributed by atoms with Gasteiger partial charge in [-0.3, -0.25) is 4.79 Å². The molecule has 0 radical (unpaired) electrons. The molecular weight excluding hydrogens is 330 g/mol. The first-order chi connectivity index (χ1) is 12.5. The largest absolute Gasteiger partial charge is 0.494 e. The van der Waals surface area contributed by atoms with Crippen molar-refractivity contribution in [3.05, 3.63) is 47.9 Å². The molecule has 5 nitrogen and oxygen atoms in total. The summed E-state index contributed by atoms with van der Waals surface area (Å²) >= 11 is 0. The van der Waals surface area contributed by atoms with Crippen molar-refractivity contribution in [1.82, 2.24) is 4.98 Å². The zero-order valence-corrected chi connectivity index (χ0v) is 15.1. The summed E-state index contributed by atoms with van der Waals surface area (Å²) in [5.74, 6) is 1.57. The first kappa shape index (κ1) is 18.0. The van der Waals surface area contributed by atoms with Crippen molar-refractivity contribution in [2.45, 2.75) is 39.5 Å². The van der Waals surface area contributed by atoms with Crippen LogP contribution in [0.2, 0.25) is 0 Å². The number of oxazole rings is 1. The monoisotopic (exact) mass is 353 g/mol. The van der Waals surface area contributed by atoms with Gasteiger partial charge in [0.1, 0.15) is 11.5 Å². The summed E-state index contributed by atoms with van der Waals surface area (Å²) < 4.78 is 11.5. The van der Waals surface area contributed by atoms with Crippen LogP contribution in [0.3, 0.4) is 0 Å². The van der Waals surface area contributed by atoms with Crippen molar-refractivity contribution >= 4 is 16.7 Å². The average molecular weight is 353 g/mol. The molecule has 1 heterocycles. The third-order valence-electron chi connectivity index (χ3n) is 4.39. The number of fused-ring (bicyclic) bond motifs is 1. The zero-order chi connectivity index (χ0) is 18.5. The molecule has 0 bridgehead atoms. The molecule has 2 aromatic carbocycles. The number of hydrogen-bond acceptors (Lipinski definition) is 4. The number of ether oxygens (including phenoxy) is 1. The number of aliphatic carboxylic acids is 1. The summed E-state index contributed by atoms with van der Waals surface area (Å²) in [7, 11) is 0. The minimum absolute atomic E-state index is 0.224. The third-order valence-corrected chi connectivity index (χ3v) is 4.39. The minimum atomic E-state index is -0.741. The maximum absolute atomic E-state index is 10.5. The number of rotatable bonds is 8. The van der Waals surface area contributed by atoms with E-state index in [0.717, 1.165) is 46.4 Å².